The summed E-state index contributed by atoms with van der Waals surface area (Å²) in [7, 11) is 1.52. The van der Waals surface area contributed by atoms with Crippen molar-refractivity contribution in [3.8, 4) is 5.75 Å². The molecule has 0 amide bonds. The van der Waals surface area contributed by atoms with E-state index in [-0.39, 0.29) is 11.3 Å². The van der Waals surface area contributed by atoms with E-state index in [1.54, 1.807) is 6.07 Å². The number of hydrogen-bond donors (Lipinski definition) is 0. The van der Waals surface area contributed by atoms with Gasteiger partial charge in [0.2, 0.25) is 0 Å². The Bertz CT molecular complexity index is 488. The molecule has 6 nitrogen and oxygen atoms in total. The second-order valence-corrected chi connectivity index (χ2v) is 5.14. The second kappa shape index (κ2) is 5.05. The topological polar surface area (TPSA) is 64.8 Å². The highest BCUT2D eigenvalue weighted by Crippen LogP contribution is 2.34. The van der Waals surface area contributed by atoms with Crippen molar-refractivity contribution in [3.63, 3.8) is 0 Å². The Morgan fingerprint density at radius 1 is 1.47 bits per heavy atom. The summed E-state index contributed by atoms with van der Waals surface area (Å²) in [6.45, 7) is 6.15. The van der Waals surface area contributed by atoms with Gasteiger partial charge in [0, 0.05) is 19.2 Å². The van der Waals surface area contributed by atoms with E-state index in [9.17, 15) is 10.1 Å². The van der Waals surface area contributed by atoms with Crippen LogP contribution in [0.25, 0.3) is 0 Å². The Balaban J connectivity index is 2.31. The molecule has 0 unspecified atom stereocenters. The molecule has 0 atom stereocenters. The van der Waals surface area contributed by atoms with Crippen LogP contribution in [0.3, 0.4) is 0 Å². The fourth-order valence-electron chi connectivity index (χ4n) is 2.26. The molecule has 0 bridgehead atoms. The first-order valence-electron chi connectivity index (χ1n) is 6.14. The average Bonchev–Trinajstić information content (AvgIpc) is 2.36. The van der Waals surface area contributed by atoms with E-state index in [0.717, 1.165) is 18.8 Å². The van der Waals surface area contributed by atoms with Crippen LogP contribution in [0.5, 0.6) is 5.75 Å². The zero-order chi connectivity index (χ0) is 14.0. The van der Waals surface area contributed by atoms with Crippen LogP contribution >= 0.6 is 0 Å². The molecule has 1 aliphatic rings. The quantitative estimate of drug-likeness (QED) is 0.620. The van der Waals surface area contributed by atoms with E-state index < -0.39 is 4.92 Å². The average molecular weight is 266 g/mol. The molecule has 0 radical (unpaired) electrons. The minimum atomic E-state index is -0.421. The SMILES string of the molecule is COc1cc([N+](=O)[O-])ccc1N1CCOC(C)(C)C1. The Morgan fingerprint density at radius 2 is 2.21 bits per heavy atom. The van der Waals surface area contributed by atoms with Gasteiger partial charge in [-0.15, -0.1) is 0 Å². The molecule has 1 aromatic rings. The summed E-state index contributed by atoms with van der Waals surface area (Å²) in [6, 6.07) is 4.69. The van der Waals surface area contributed by atoms with Crippen molar-refractivity contribution in [1.82, 2.24) is 0 Å². The Morgan fingerprint density at radius 3 is 2.79 bits per heavy atom. The van der Waals surface area contributed by atoms with Crippen LogP contribution in [0.2, 0.25) is 0 Å². The van der Waals surface area contributed by atoms with Crippen LogP contribution < -0.4 is 9.64 Å². The van der Waals surface area contributed by atoms with Gasteiger partial charge in [-0.25, -0.2) is 0 Å². The van der Waals surface area contributed by atoms with Crippen molar-refractivity contribution in [2.75, 3.05) is 31.7 Å². The van der Waals surface area contributed by atoms with Gasteiger partial charge in [-0.05, 0) is 19.9 Å². The smallest absolute Gasteiger partial charge is 0.273 e. The minimum Gasteiger partial charge on any atom is -0.494 e. The van der Waals surface area contributed by atoms with Crippen LogP contribution in [0.15, 0.2) is 18.2 Å². The molecule has 0 aromatic heterocycles. The number of nitro groups is 1. The van der Waals surface area contributed by atoms with Crippen molar-refractivity contribution in [2.45, 2.75) is 19.4 Å². The van der Waals surface area contributed by atoms with E-state index in [1.807, 2.05) is 13.8 Å². The van der Waals surface area contributed by atoms with Crippen molar-refractivity contribution < 1.29 is 14.4 Å². The summed E-state index contributed by atoms with van der Waals surface area (Å²) in [5.41, 5.74) is 0.669. The fraction of sp³-hybridized carbons (Fsp3) is 0.538. The van der Waals surface area contributed by atoms with Crippen LogP contribution in [0.4, 0.5) is 11.4 Å². The van der Waals surface area contributed by atoms with Gasteiger partial charge in [-0.3, -0.25) is 10.1 Å². The molecule has 0 aliphatic carbocycles. The molecule has 1 saturated heterocycles. The number of benzene rings is 1. The Hall–Kier alpha value is -1.82. The third-order valence-corrected chi connectivity index (χ3v) is 3.14. The van der Waals surface area contributed by atoms with Crippen LogP contribution in [-0.4, -0.2) is 37.3 Å². The standard InChI is InChI=1S/C13H18N2O4/c1-13(2)9-14(6-7-19-13)11-5-4-10(15(16)17)8-12(11)18-3/h4-5,8H,6-7,9H2,1-3H3. The summed E-state index contributed by atoms with van der Waals surface area (Å²) in [5, 5.41) is 10.8. The van der Waals surface area contributed by atoms with Gasteiger partial charge < -0.3 is 14.4 Å². The van der Waals surface area contributed by atoms with Gasteiger partial charge in [0.05, 0.1) is 36.0 Å². The number of hydrogen-bond acceptors (Lipinski definition) is 5. The Kier molecular flexibility index (Phi) is 3.61. The fourth-order valence-corrected chi connectivity index (χ4v) is 2.26. The molecule has 0 N–H and O–H groups in total. The number of rotatable bonds is 3. The van der Waals surface area contributed by atoms with Gasteiger partial charge in [-0.2, -0.15) is 0 Å². The maximum absolute atomic E-state index is 10.8. The highest BCUT2D eigenvalue weighted by Gasteiger charge is 2.29. The van der Waals surface area contributed by atoms with Crippen LogP contribution in [0, 0.1) is 10.1 Å². The zero-order valence-corrected chi connectivity index (χ0v) is 11.4. The highest BCUT2D eigenvalue weighted by molar-refractivity contribution is 5.62. The number of morpholine rings is 1. The number of nitro benzene ring substituents is 1. The van der Waals surface area contributed by atoms with Crippen molar-refractivity contribution >= 4 is 11.4 Å². The van der Waals surface area contributed by atoms with Gasteiger partial charge in [0.15, 0.2) is 0 Å². The summed E-state index contributed by atoms with van der Waals surface area (Å²) < 4.78 is 10.9. The first kappa shape index (κ1) is 13.6. The number of ether oxygens (including phenoxy) is 2. The maximum atomic E-state index is 10.8. The lowest BCUT2D eigenvalue weighted by molar-refractivity contribution is -0.384. The number of methoxy groups -OCH3 is 1. The maximum Gasteiger partial charge on any atom is 0.273 e. The second-order valence-electron chi connectivity index (χ2n) is 5.14. The predicted octanol–water partition coefficient (Wildman–Crippen LogP) is 2.22. The first-order chi connectivity index (χ1) is 8.93. The molecule has 19 heavy (non-hydrogen) atoms. The molecule has 0 spiro atoms. The number of non-ortho nitro benzene ring substituents is 1. The van der Waals surface area contributed by atoms with Gasteiger partial charge in [0.1, 0.15) is 5.75 Å². The number of anilines is 1. The van der Waals surface area contributed by atoms with Crippen LogP contribution in [-0.2, 0) is 4.74 Å². The minimum absolute atomic E-state index is 0.0353. The zero-order valence-electron chi connectivity index (χ0n) is 11.4. The first-order valence-corrected chi connectivity index (χ1v) is 6.14. The molecule has 6 heteroatoms. The van der Waals surface area contributed by atoms with Gasteiger partial charge >= 0.3 is 0 Å². The van der Waals surface area contributed by atoms with E-state index in [1.165, 1.54) is 19.2 Å². The largest absolute Gasteiger partial charge is 0.494 e. The van der Waals surface area contributed by atoms with E-state index >= 15 is 0 Å². The van der Waals surface area contributed by atoms with Gasteiger partial charge in [0.25, 0.3) is 5.69 Å². The molecule has 1 heterocycles. The molecule has 104 valence electrons. The molecule has 1 fully saturated rings. The Labute approximate surface area is 112 Å². The highest BCUT2D eigenvalue weighted by atomic mass is 16.6. The van der Waals surface area contributed by atoms with E-state index in [2.05, 4.69) is 4.90 Å². The summed E-state index contributed by atoms with van der Waals surface area (Å²) >= 11 is 0. The van der Waals surface area contributed by atoms with Crippen molar-refractivity contribution in [3.05, 3.63) is 28.3 Å². The lowest BCUT2D eigenvalue weighted by Gasteiger charge is -2.39. The summed E-state index contributed by atoms with van der Waals surface area (Å²) in [5.74, 6) is 0.520. The lowest BCUT2D eigenvalue weighted by Crippen LogP contribution is -2.48. The predicted molar refractivity (Wildman–Crippen MR) is 71.9 cm³/mol. The summed E-state index contributed by atoms with van der Waals surface area (Å²) in [4.78, 5) is 12.5. The molecular weight excluding hydrogens is 248 g/mol. The van der Waals surface area contributed by atoms with Crippen LogP contribution in [0.1, 0.15) is 13.8 Å². The monoisotopic (exact) mass is 266 g/mol. The third kappa shape index (κ3) is 2.96. The lowest BCUT2D eigenvalue weighted by atomic mass is 10.1. The van der Waals surface area contributed by atoms with Gasteiger partial charge in [-0.1, -0.05) is 0 Å². The molecule has 0 saturated carbocycles. The molecule has 2 rings (SSSR count). The molecular formula is C13H18N2O4. The number of nitrogens with zero attached hydrogens (tertiary/aromatic N) is 2. The van der Waals surface area contributed by atoms with Crippen molar-refractivity contribution in [2.24, 2.45) is 0 Å². The molecule has 1 aromatic carbocycles. The summed E-state index contributed by atoms with van der Waals surface area (Å²) in [6.07, 6.45) is 0. The van der Waals surface area contributed by atoms with E-state index in [0.29, 0.717) is 12.4 Å². The molecule has 1 aliphatic heterocycles. The normalized spacial score (nSPS) is 18.2. The van der Waals surface area contributed by atoms with Crippen molar-refractivity contribution in [1.29, 1.82) is 0 Å². The third-order valence-electron chi connectivity index (χ3n) is 3.14. The van der Waals surface area contributed by atoms with E-state index in [4.69, 9.17) is 9.47 Å².